The summed E-state index contributed by atoms with van der Waals surface area (Å²) in [5.74, 6) is 1.11. The third kappa shape index (κ3) is 1.98. The van der Waals surface area contributed by atoms with Crippen molar-refractivity contribution < 1.29 is 0 Å². The first kappa shape index (κ1) is 13.0. The lowest BCUT2D eigenvalue weighted by Crippen LogP contribution is -2.60. The van der Waals surface area contributed by atoms with E-state index in [1.165, 1.54) is 23.9 Å². The Bertz CT molecular complexity index is 818. The summed E-state index contributed by atoms with van der Waals surface area (Å²) in [5.41, 5.74) is 1.54. The molecule has 2 aliphatic heterocycles. The van der Waals surface area contributed by atoms with Gasteiger partial charge in [0.15, 0.2) is 0 Å². The van der Waals surface area contributed by atoms with Crippen molar-refractivity contribution in [2.45, 2.75) is 19.0 Å². The van der Waals surface area contributed by atoms with Crippen LogP contribution in [0.25, 0.3) is 10.2 Å². The minimum Gasteiger partial charge on any atom is -0.353 e. The first-order valence-electron chi connectivity index (χ1n) is 7.61. The zero-order valence-electron chi connectivity index (χ0n) is 12.1. The van der Waals surface area contributed by atoms with E-state index in [0.717, 1.165) is 30.3 Å². The molecule has 0 aromatic carbocycles. The van der Waals surface area contributed by atoms with E-state index in [0.29, 0.717) is 6.04 Å². The van der Waals surface area contributed by atoms with Crippen LogP contribution >= 0.6 is 22.7 Å². The summed E-state index contributed by atoms with van der Waals surface area (Å²) in [6, 6.07) is 5.10. The van der Waals surface area contributed by atoms with Crippen LogP contribution < -0.4 is 4.90 Å². The predicted octanol–water partition coefficient (Wildman–Crippen LogP) is 3.00. The molecule has 6 heteroatoms. The van der Waals surface area contributed by atoms with Crippen molar-refractivity contribution in [2.75, 3.05) is 24.5 Å². The zero-order chi connectivity index (χ0) is 14.5. The van der Waals surface area contributed by atoms with Crippen molar-refractivity contribution in [3.63, 3.8) is 0 Å². The molecule has 0 bridgehead atoms. The van der Waals surface area contributed by atoms with E-state index in [1.54, 1.807) is 22.5 Å². The molecule has 0 N–H and O–H groups in total. The van der Waals surface area contributed by atoms with Gasteiger partial charge in [-0.3, -0.25) is 4.90 Å². The van der Waals surface area contributed by atoms with E-state index >= 15 is 0 Å². The quantitative estimate of drug-likeness (QED) is 0.724. The van der Waals surface area contributed by atoms with Crippen molar-refractivity contribution in [1.82, 2.24) is 14.9 Å². The monoisotopic (exact) mass is 328 g/mol. The number of hydrogen-bond donors (Lipinski definition) is 0. The average molecular weight is 328 g/mol. The largest absolute Gasteiger partial charge is 0.353 e. The fraction of sp³-hybridized carbons (Fsp3) is 0.375. The highest BCUT2D eigenvalue weighted by atomic mass is 32.1. The van der Waals surface area contributed by atoms with Gasteiger partial charge in [-0.05, 0) is 34.9 Å². The van der Waals surface area contributed by atoms with Crippen molar-refractivity contribution in [2.24, 2.45) is 0 Å². The van der Waals surface area contributed by atoms with Crippen LogP contribution in [0.15, 0.2) is 29.2 Å². The summed E-state index contributed by atoms with van der Waals surface area (Å²) in [5, 5.41) is 5.53. The molecule has 3 aromatic heterocycles. The van der Waals surface area contributed by atoms with Crippen molar-refractivity contribution in [1.29, 1.82) is 0 Å². The van der Waals surface area contributed by atoms with Gasteiger partial charge in [-0.1, -0.05) is 0 Å². The summed E-state index contributed by atoms with van der Waals surface area (Å²) in [7, 11) is 0. The SMILES string of the molecule is c1nc(N2CC(N3CCc4sccc4C3)C2)c2ccsc2n1. The van der Waals surface area contributed by atoms with E-state index < -0.39 is 0 Å². The summed E-state index contributed by atoms with van der Waals surface area (Å²) in [6.07, 6.45) is 2.91. The summed E-state index contributed by atoms with van der Waals surface area (Å²) in [6.45, 7) is 4.49. The fourth-order valence-corrected chi connectivity index (χ4v) is 5.09. The van der Waals surface area contributed by atoms with E-state index in [9.17, 15) is 0 Å². The van der Waals surface area contributed by atoms with E-state index in [4.69, 9.17) is 0 Å². The molecule has 5 rings (SSSR count). The first-order valence-corrected chi connectivity index (χ1v) is 9.37. The molecule has 1 fully saturated rings. The maximum absolute atomic E-state index is 4.51. The van der Waals surface area contributed by atoms with Crippen LogP contribution in [0.1, 0.15) is 10.4 Å². The number of fused-ring (bicyclic) bond motifs is 2. The lowest BCUT2D eigenvalue weighted by Gasteiger charge is -2.47. The smallest absolute Gasteiger partial charge is 0.140 e. The van der Waals surface area contributed by atoms with Crippen molar-refractivity contribution in [3.8, 4) is 0 Å². The zero-order valence-corrected chi connectivity index (χ0v) is 13.7. The second kappa shape index (κ2) is 5.01. The van der Waals surface area contributed by atoms with Crippen LogP contribution in [-0.2, 0) is 13.0 Å². The topological polar surface area (TPSA) is 32.3 Å². The minimum atomic E-state index is 0.664. The Labute approximate surface area is 137 Å². The summed E-state index contributed by atoms with van der Waals surface area (Å²) >= 11 is 3.60. The van der Waals surface area contributed by atoms with Gasteiger partial charge in [0.25, 0.3) is 0 Å². The van der Waals surface area contributed by atoms with Crippen LogP contribution in [0.5, 0.6) is 0 Å². The van der Waals surface area contributed by atoms with Crippen LogP contribution in [0.4, 0.5) is 5.82 Å². The second-order valence-corrected chi connectivity index (χ2v) is 7.88. The first-order chi connectivity index (χ1) is 10.9. The Morgan fingerprint density at radius 3 is 2.95 bits per heavy atom. The molecule has 112 valence electrons. The highest BCUT2D eigenvalue weighted by Crippen LogP contribution is 2.32. The lowest BCUT2D eigenvalue weighted by atomic mass is 10.0. The van der Waals surface area contributed by atoms with Gasteiger partial charge >= 0.3 is 0 Å². The summed E-state index contributed by atoms with van der Waals surface area (Å²) in [4.78, 5) is 16.6. The number of anilines is 1. The van der Waals surface area contributed by atoms with Gasteiger partial charge in [0.2, 0.25) is 0 Å². The molecule has 0 radical (unpaired) electrons. The molecule has 3 aromatic rings. The molecular weight excluding hydrogens is 312 g/mol. The lowest BCUT2D eigenvalue weighted by molar-refractivity contribution is 0.151. The Morgan fingerprint density at radius 1 is 1.09 bits per heavy atom. The molecule has 0 saturated carbocycles. The Morgan fingerprint density at radius 2 is 2.00 bits per heavy atom. The second-order valence-electron chi connectivity index (χ2n) is 5.99. The molecule has 0 unspecified atom stereocenters. The number of rotatable bonds is 2. The van der Waals surface area contributed by atoms with Crippen LogP contribution in [-0.4, -0.2) is 40.5 Å². The standard InChI is InChI=1S/C16H16N4S2/c1-4-19(7-11-2-5-21-14(1)11)12-8-20(9-12)15-13-3-6-22-16(13)18-10-17-15/h2-3,5-6,10,12H,1,4,7-9H2. The molecule has 4 nitrogen and oxygen atoms in total. The molecule has 2 aliphatic rings. The van der Waals surface area contributed by atoms with Gasteiger partial charge in [0.05, 0.1) is 5.39 Å². The molecule has 1 saturated heterocycles. The third-order valence-electron chi connectivity index (χ3n) is 4.76. The van der Waals surface area contributed by atoms with Gasteiger partial charge in [0, 0.05) is 37.1 Å². The number of hydrogen-bond acceptors (Lipinski definition) is 6. The molecule has 0 atom stereocenters. The van der Waals surface area contributed by atoms with Gasteiger partial charge in [0.1, 0.15) is 17.0 Å². The van der Waals surface area contributed by atoms with Gasteiger partial charge in [-0.25, -0.2) is 9.97 Å². The van der Waals surface area contributed by atoms with E-state index in [1.807, 2.05) is 11.3 Å². The van der Waals surface area contributed by atoms with Crippen LogP contribution in [0.2, 0.25) is 0 Å². The highest BCUT2D eigenvalue weighted by molar-refractivity contribution is 7.16. The van der Waals surface area contributed by atoms with E-state index in [2.05, 4.69) is 42.7 Å². The number of aromatic nitrogens is 2. The molecule has 0 spiro atoms. The third-order valence-corrected chi connectivity index (χ3v) is 6.60. The fourth-order valence-electron chi connectivity index (χ4n) is 3.47. The molecule has 0 amide bonds. The molecule has 5 heterocycles. The Hall–Kier alpha value is -1.50. The highest BCUT2D eigenvalue weighted by Gasteiger charge is 2.35. The average Bonchev–Trinajstić information content (AvgIpc) is 3.14. The Balaban J connectivity index is 1.32. The van der Waals surface area contributed by atoms with E-state index in [-0.39, 0.29) is 0 Å². The minimum absolute atomic E-state index is 0.664. The maximum atomic E-state index is 4.51. The van der Waals surface area contributed by atoms with Crippen LogP contribution in [0.3, 0.4) is 0 Å². The van der Waals surface area contributed by atoms with Crippen LogP contribution in [0, 0.1) is 0 Å². The van der Waals surface area contributed by atoms with Crippen molar-refractivity contribution in [3.05, 3.63) is 39.7 Å². The van der Waals surface area contributed by atoms with Gasteiger partial charge in [-0.15, -0.1) is 22.7 Å². The van der Waals surface area contributed by atoms with Gasteiger partial charge in [-0.2, -0.15) is 0 Å². The molecule has 22 heavy (non-hydrogen) atoms. The summed E-state index contributed by atoms with van der Waals surface area (Å²) < 4.78 is 0. The Kier molecular flexibility index (Phi) is 2.96. The van der Waals surface area contributed by atoms with Gasteiger partial charge < -0.3 is 4.90 Å². The maximum Gasteiger partial charge on any atom is 0.140 e. The number of nitrogens with zero attached hydrogens (tertiary/aromatic N) is 4. The van der Waals surface area contributed by atoms with Crippen molar-refractivity contribution >= 4 is 38.7 Å². The normalized spacial score (nSPS) is 19.4. The molecule has 0 aliphatic carbocycles. The molecular formula is C16H16N4S2. The number of thiophene rings is 2. The predicted molar refractivity (Wildman–Crippen MR) is 91.8 cm³/mol.